The Labute approximate surface area is 115 Å². The van der Waals surface area contributed by atoms with Gasteiger partial charge in [0.1, 0.15) is 0 Å². The molecule has 0 unspecified atom stereocenters. The SMILES string of the molecule is COCCN(Cc1cccc(C#CCN)c1)C1CC1. The highest BCUT2D eigenvalue weighted by Gasteiger charge is 2.28. The first-order valence-electron chi connectivity index (χ1n) is 6.84. The fourth-order valence-corrected chi connectivity index (χ4v) is 2.17. The molecular formula is C16H22N2O. The number of hydrogen-bond donors (Lipinski definition) is 1. The highest BCUT2D eigenvalue weighted by atomic mass is 16.5. The van der Waals surface area contributed by atoms with Crippen LogP contribution in [-0.4, -0.2) is 37.7 Å². The normalized spacial score (nSPS) is 14.3. The molecular weight excluding hydrogens is 236 g/mol. The van der Waals surface area contributed by atoms with E-state index >= 15 is 0 Å². The molecule has 102 valence electrons. The van der Waals surface area contributed by atoms with Crippen molar-refractivity contribution in [2.45, 2.75) is 25.4 Å². The summed E-state index contributed by atoms with van der Waals surface area (Å²) in [6, 6.07) is 9.16. The van der Waals surface area contributed by atoms with Gasteiger partial charge in [-0.3, -0.25) is 4.90 Å². The van der Waals surface area contributed by atoms with Crippen LogP contribution in [0.4, 0.5) is 0 Å². The smallest absolute Gasteiger partial charge is 0.0589 e. The third-order valence-corrected chi connectivity index (χ3v) is 3.29. The van der Waals surface area contributed by atoms with E-state index in [9.17, 15) is 0 Å². The van der Waals surface area contributed by atoms with E-state index in [1.54, 1.807) is 7.11 Å². The lowest BCUT2D eigenvalue weighted by Crippen LogP contribution is -2.29. The zero-order valence-corrected chi connectivity index (χ0v) is 11.6. The van der Waals surface area contributed by atoms with E-state index in [1.165, 1.54) is 18.4 Å². The van der Waals surface area contributed by atoms with Crippen LogP contribution in [0, 0.1) is 11.8 Å². The van der Waals surface area contributed by atoms with Crippen molar-refractivity contribution in [3.63, 3.8) is 0 Å². The van der Waals surface area contributed by atoms with E-state index < -0.39 is 0 Å². The van der Waals surface area contributed by atoms with Gasteiger partial charge in [0.25, 0.3) is 0 Å². The molecule has 0 atom stereocenters. The highest BCUT2D eigenvalue weighted by Crippen LogP contribution is 2.28. The van der Waals surface area contributed by atoms with Crippen LogP contribution in [0.15, 0.2) is 24.3 Å². The van der Waals surface area contributed by atoms with Gasteiger partial charge in [-0.25, -0.2) is 0 Å². The second-order valence-corrected chi connectivity index (χ2v) is 4.90. The highest BCUT2D eigenvalue weighted by molar-refractivity contribution is 5.37. The maximum absolute atomic E-state index is 5.40. The molecule has 0 amide bonds. The zero-order valence-electron chi connectivity index (χ0n) is 11.6. The van der Waals surface area contributed by atoms with Gasteiger partial charge in [-0.2, -0.15) is 0 Å². The Bertz CT molecular complexity index is 457. The fraction of sp³-hybridized carbons (Fsp3) is 0.500. The third-order valence-electron chi connectivity index (χ3n) is 3.29. The van der Waals surface area contributed by atoms with Crippen molar-refractivity contribution in [3.8, 4) is 11.8 Å². The molecule has 1 aliphatic rings. The lowest BCUT2D eigenvalue weighted by Gasteiger charge is -2.21. The standard InChI is InChI=1S/C16H22N2O/c1-19-11-10-18(16-7-8-16)13-15-5-2-4-14(12-15)6-3-9-17/h2,4-5,12,16H,7-11,13,17H2,1H3. The molecule has 3 heteroatoms. The fourth-order valence-electron chi connectivity index (χ4n) is 2.17. The maximum atomic E-state index is 5.40. The lowest BCUT2D eigenvalue weighted by atomic mass is 10.1. The van der Waals surface area contributed by atoms with Gasteiger partial charge in [-0.15, -0.1) is 0 Å². The number of rotatable bonds is 6. The summed E-state index contributed by atoms with van der Waals surface area (Å²) in [6.07, 6.45) is 2.63. The predicted octanol–water partition coefficient (Wildman–Crippen LogP) is 1.61. The van der Waals surface area contributed by atoms with Gasteiger partial charge < -0.3 is 10.5 Å². The number of ether oxygens (including phenoxy) is 1. The van der Waals surface area contributed by atoms with Crippen LogP contribution >= 0.6 is 0 Å². The minimum Gasteiger partial charge on any atom is -0.383 e. The minimum absolute atomic E-state index is 0.409. The van der Waals surface area contributed by atoms with Crippen LogP contribution < -0.4 is 5.73 Å². The van der Waals surface area contributed by atoms with E-state index in [4.69, 9.17) is 10.5 Å². The Morgan fingerprint density at radius 1 is 1.42 bits per heavy atom. The predicted molar refractivity (Wildman–Crippen MR) is 77.7 cm³/mol. The van der Waals surface area contributed by atoms with Crippen LogP contribution in [0.5, 0.6) is 0 Å². The van der Waals surface area contributed by atoms with Crippen molar-refractivity contribution < 1.29 is 4.74 Å². The molecule has 0 aromatic heterocycles. The van der Waals surface area contributed by atoms with Gasteiger partial charge in [-0.1, -0.05) is 24.0 Å². The largest absolute Gasteiger partial charge is 0.383 e. The van der Waals surface area contributed by atoms with Gasteiger partial charge in [0, 0.05) is 31.8 Å². The van der Waals surface area contributed by atoms with Crippen LogP contribution in [0.25, 0.3) is 0 Å². The molecule has 1 aromatic carbocycles. The first kappa shape index (κ1) is 14.1. The van der Waals surface area contributed by atoms with E-state index in [-0.39, 0.29) is 0 Å². The van der Waals surface area contributed by atoms with Crippen molar-refractivity contribution in [3.05, 3.63) is 35.4 Å². The summed E-state index contributed by atoms with van der Waals surface area (Å²) in [5.41, 5.74) is 7.76. The second kappa shape index (κ2) is 7.30. The number of nitrogens with zero attached hydrogens (tertiary/aromatic N) is 1. The Morgan fingerprint density at radius 2 is 2.26 bits per heavy atom. The van der Waals surface area contributed by atoms with Crippen molar-refractivity contribution >= 4 is 0 Å². The molecule has 0 radical (unpaired) electrons. The first-order valence-corrected chi connectivity index (χ1v) is 6.84. The molecule has 0 spiro atoms. The molecule has 2 rings (SSSR count). The molecule has 3 nitrogen and oxygen atoms in total. The van der Waals surface area contributed by atoms with E-state index in [2.05, 4.69) is 34.9 Å². The summed E-state index contributed by atoms with van der Waals surface area (Å²) >= 11 is 0. The van der Waals surface area contributed by atoms with Crippen molar-refractivity contribution in [1.82, 2.24) is 4.90 Å². The van der Waals surface area contributed by atoms with Crippen LogP contribution in [0.2, 0.25) is 0 Å². The molecule has 0 bridgehead atoms. The molecule has 0 saturated heterocycles. The topological polar surface area (TPSA) is 38.5 Å². The third kappa shape index (κ3) is 4.68. The Hall–Kier alpha value is -1.34. The number of benzene rings is 1. The summed E-state index contributed by atoms with van der Waals surface area (Å²) in [5, 5.41) is 0. The second-order valence-electron chi connectivity index (χ2n) is 4.90. The van der Waals surface area contributed by atoms with E-state index in [0.717, 1.165) is 31.3 Å². The van der Waals surface area contributed by atoms with Gasteiger partial charge in [0.2, 0.25) is 0 Å². The van der Waals surface area contributed by atoms with E-state index in [0.29, 0.717) is 6.54 Å². The molecule has 1 saturated carbocycles. The molecule has 0 aliphatic heterocycles. The van der Waals surface area contributed by atoms with Crippen molar-refractivity contribution in [2.75, 3.05) is 26.8 Å². The molecule has 2 N–H and O–H groups in total. The summed E-state index contributed by atoms with van der Waals surface area (Å²) in [5.74, 6) is 5.99. The van der Waals surface area contributed by atoms with Gasteiger partial charge in [0.05, 0.1) is 13.2 Å². The monoisotopic (exact) mass is 258 g/mol. The Kier molecular flexibility index (Phi) is 5.41. The van der Waals surface area contributed by atoms with Crippen molar-refractivity contribution in [1.29, 1.82) is 0 Å². The van der Waals surface area contributed by atoms with E-state index in [1.807, 2.05) is 6.07 Å². The molecule has 19 heavy (non-hydrogen) atoms. The minimum atomic E-state index is 0.409. The number of nitrogens with two attached hydrogens (primary N) is 1. The average molecular weight is 258 g/mol. The quantitative estimate of drug-likeness (QED) is 0.788. The maximum Gasteiger partial charge on any atom is 0.0589 e. The van der Waals surface area contributed by atoms with Gasteiger partial charge in [0.15, 0.2) is 0 Å². The van der Waals surface area contributed by atoms with Crippen LogP contribution in [-0.2, 0) is 11.3 Å². The molecule has 1 aromatic rings. The van der Waals surface area contributed by atoms with Crippen molar-refractivity contribution in [2.24, 2.45) is 5.73 Å². The summed E-state index contributed by atoms with van der Waals surface area (Å²) < 4.78 is 5.19. The summed E-state index contributed by atoms with van der Waals surface area (Å²) in [7, 11) is 1.76. The molecule has 1 aliphatic carbocycles. The zero-order chi connectivity index (χ0) is 13.5. The number of hydrogen-bond acceptors (Lipinski definition) is 3. The molecule has 0 heterocycles. The number of methoxy groups -OCH3 is 1. The Morgan fingerprint density at radius 3 is 2.95 bits per heavy atom. The summed E-state index contributed by atoms with van der Waals surface area (Å²) in [6.45, 7) is 3.18. The molecule has 1 fully saturated rings. The van der Waals surface area contributed by atoms with Gasteiger partial charge in [-0.05, 0) is 30.5 Å². The van der Waals surface area contributed by atoms with Gasteiger partial charge >= 0.3 is 0 Å². The Balaban J connectivity index is 1.99. The van der Waals surface area contributed by atoms with Crippen LogP contribution in [0.3, 0.4) is 0 Å². The van der Waals surface area contributed by atoms with Crippen LogP contribution in [0.1, 0.15) is 24.0 Å². The lowest BCUT2D eigenvalue weighted by molar-refractivity contribution is 0.139. The first-order chi connectivity index (χ1) is 9.33. The average Bonchev–Trinajstić information content (AvgIpc) is 3.26. The summed E-state index contributed by atoms with van der Waals surface area (Å²) in [4.78, 5) is 2.50.